The predicted octanol–water partition coefficient (Wildman–Crippen LogP) is 4.69. The fraction of sp³-hybridized carbons (Fsp3) is 0.355. The minimum absolute atomic E-state index is 0.206. The Morgan fingerprint density at radius 1 is 1.02 bits per heavy atom. The number of ether oxygens (including phenoxy) is 1. The van der Waals surface area contributed by atoms with Gasteiger partial charge in [-0.3, -0.25) is 4.90 Å². The molecular weight excluding hydrogens is 544 g/mol. The van der Waals surface area contributed by atoms with E-state index >= 15 is 0 Å². The van der Waals surface area contributed by atoms with Crippen molar-refractivity contribution < 1.29 is 9.53 Å². The molecule has 222 valence electrons. The zero-order valence-electron chi connectivity index (χ0n) is 24.5. The van der Waals surface area contributed by atoms with Crippen molar-refractivity contribution in [3.63, 3.8) is 0 Å². The van der Waals surface area contributed by atoms with Crippen LogP contribution < -0.4 is 16.0 Å². The number of hydrogen-bond donors (Lipinski definition) is 3. The summed E-state index contributed by atoms with van der Waals surface area (Å²) in [4.78, 5) is 36.8. The zero-order valence-corrected chi connectivity index (χ0v) is 24.5. The number of aryl methyl sites for hydroxylation is 1. The minimum Gasteiger partial charge on any atom is -0.467 e. The molecule has 5 rings (SSSR count). The summed E-state index contributed by atoms with van der Waals surface area (Å²) in [5.74, 6) is 1.19. The van der Waals surface area contributed by atoms with E-state index in [2.05, 4.69) is 57.8 Å². The van der Waals surface area contributed by atoms with Gasteiger partial charge in [-0.1, -0.05) is 42.8 Å². The number of carbonyl (C=O) groups excluding carboxylic acids is 1. The van der Waals surface area contributed by atoms with Crippen LogP contribution in [0.15, 0.2) is 60.9 Å². The molecule has 0 unspecified atom stereocenters. The molecule has 1 fully saturated rings. The van der Waals surface area contributed by atoms with Crippen molar-refractivity contribution in [3.05, 3.63) is 89.3 Å². The molecule has 1 aliphatic rings. The molecule has 12 heteroatoms. The molecule has 0 saturated carbocycles. The molecule has 0 bridgehead atoms. The molecule has 0 radical (unpaired) electrons. The van der Waals surface area contributed by atoms with E-state index in [9.17, 15) is 4.79 Å². The fourth-order valence-electron chi connectivity index (χ4n) is 4.99. The van der Waals surface area contributed by atoms with Crippen molar-refractivity contribution in [2.45, 2.75) is 44.8 Å². The van der Waals surface area contributed by atoms with Crippen LogP contribution in [0.3, 0.4) is 0 Å². The van der Waals surface area contributed by atoms with Crippen molar-refractivity contribution in [2.24, 2.45) is 7.05 Å². The molecule has 0 amide bonds. The van der Waals surface area contributed by atoms with Crippen molar-refractivity contribution in [2.75, 3.05) is 36.1 Å². The average molecular weight is 581 g/mol. The number of carbonyl (C=O) groups is 1. The summed E-state index contributed by atoms with van der Waals surface area (Å²) >= 11 is 0. The number of imidazole rings is 1. The highest BCUT2D eigenvalue weighted by Crippen LogP contribution is 2.21. The second-order valence-electron chi connectivity index (χ2n) is 10.5. The van der Waals surface area contributed by atoms with Crippen LogP contribution in [0.1, 0.15) is 36.2 Å². The average Bonchev–Trinajstić information content (AvgIpc) is 3.44. The Hall–Kier alpha value is -5.02. The predicted molar refractivity (Wildman–Crippen MR) is 165 cm³/mol. The van der Waals surface area contributed by atoms with Gasteiger partial charge in [-0.15, -0.1) is 0 Å². The van der Waals surface area contributed by atoms with E-state index < -0.39 is 12.0 Å². The summed E-state index contributed by atoms with van der Waals surface area (Å²) in [5, 5.41) is 9.68. The second-order valence-corrected chi connectivity index (χ2v) is 10.5. The molecule has 3 heterocycles. The van der Waals surface area contributed by atoms with E-state index in [-0.39, 0.29) is 5.95 Å². The standard InChI is InChI=1S/C31H36N10O2/c1-32-24-12-10-22(11-13-24)19-26(28(42)43-3)36-31-38-29(34-20-27-33-14-17-40(27)2)37-30(39-31)35-25-9-7-8-23(18-25)21-41-15-5-4-6-16-41/h7-14,17-18,26H,4-6,15-16,19-21H2,2-3H3,(H3,34,35,36,37,38,39)/t26-/m0/s1. The molecule has 0 spiro atoms. The van der Waals surface area contributed by atoms with Gasteiger partial charge in [0.2, 0.25) is 17.8 Å². The SMILES string of the molecule is [C-]#[N+]c1ccc(C[C@H](Nc2nc(NCc3nccn3C)nc(Nc3cccc(CN4CCCCC4)c3)n2)C(=O)OC)cc1. The van der Waals surface area contributed by atoms with Crippen molar-refractivity contribution in [3.8, 4) is 0 Å². The highest BCUT2D eigenvalue weighted by atomic mass is 16.5. The maximum absolute atomic E-state index is 12.8. The van der Waals surface area contributed by atoms with Gasteiger partial charge in [-0.2, -0.15) is 15.0 Å². The third-order valence-corrected chi connectivity index (χ3v) is 7.29. The number of anilines is 4. The Kier molecular flexibility index (Phi) is 9.76. The maximum atomic E-state index is 12.8. The Morgan fingerprint density at radius 2 is 1.79 bits per heavy atom. The molecule has 1 atom stereocenters. The maximum Gasteiger partial charge on any atom is 0.328 e. The number of esters is 1. The third-order valence-electron chi connectivity index (χ3n) is 7.29. The van der Waals surface area contributed by atoms with Gasteiger partial charge in [0.1, 0.15) is 11.9 Å². The van der Waals surface area contributed by atoms with E-state index in [0.717, 1.165) is 36.7 Å². The van der Waals surface area contributed by atoms with Crippen molar-refractivity contribution in [1.29, 1.82) is 0 Å². The van der Waals surface area contributed by atoms with Gasteiger partial charge in [0, 0.05) is 38.1 Å². The van der Waals surface area contributed by atoms with Crippen LogP contribution in [0, 0.1) is 6.57 Å². The number of hydrogen-bond acceptors (Lipinski definition) is 10. The first kappa shape index (κ1) is 29.5. The lowest BCUT2D eigenvalue weighted by atomic mass is 10.1. The minimum atomic E-state index is -0.769. The van der Waals surface area contributed by atoms with Crippen LogP contribution >= 0.6 is 0 Å². The molecule has 2 aromatic carbocycles. The Morgan fingerprint density at radius 3 is 2.51 bits per heavy atom. The molecular formula is C31H36N10O2. The first-order valence-corrected chi connectivity index (χ1v) is 14.3. The fourth-order valence-corrected chi connectivity index (χ4v) is 4.99. The molecule has 43 heavy (non-hydrogen) atoms. The van der Waals surface area contributed by atoms with Crippen LogP contribution in [0.5, 0.6) is 0 Å². The Balaban J connectivity index is 1.38. The molecule has 2 aromatic heterocycles. The van der Waals surface area contributed by atoms with Gasteiger partial charge in [-0.25, -0.2) is 14.6 Å². The molecule has 12 nitrogen and oxygen atoms in total. The van der Waals surface area contributed by atoms with Crippen LogP contribution in [0.4, 0.5) is 29.2 Å². The van der Waals surface area contributed by atoms with Gasteiger partial charge >= 0.3 is 5.97 Å². The molecule has 1 saturated heterocycles. The molecule has 3 N–H and O–H groups in total. The number of methoxy groups -OCH3 is 1. The zero-order chi connectivity index (χ0) is 30.0. The molecule has 1 aliphatic heterocycles. The van der Waals surface area contributed by atoms with E-state index in [4.69, 9.17) is 11.3 Å². The lowest BCUT2D eigenvalue weighted by molar-refractivity contribution is -0.141. The number of benzene rings is 2. The smallest absolute Gasteiger partial charge is 0.328 e. The topological polar surface area (TPSA) is 126 Å². The van der Waals surface area contributed by atoms with Crippen LogP contribution in [-0.2, 0) is 36.1 Å². The summed E-state index contributed by atoms with van der Waals surface area (Å²) in [7, 11) is 3.26. The highest BCUT2D eigenvalue weighted by Gasteiger charge is 2.22. The van der Waals surface area contributed by atoms with Crippen LogP contribution in [0.25, 0.3) is 4.85 Å². The summed E-state index contributed by atoms with van der Waals surface area (Å²) < 4.78 is 6.99. The van der Waals surface area contributed by atoms with Gasteiger partial charge in [0.05, 0.1) is 20.2 Å². The van der Waals surface area contributed by atoms with E-state index in [1.807, 2.05) is 42.1 Å². The van der Waals surface area contributed by atoms with Gasteiger partial charge in [0.15, 0.2) is 5.69 Å². The van der Waals surface area contributed by atoms with Crippen molar-refractivity contribution in [1.82, 2.24) is 29.4 Å². The lowest BCUT2D eigenvalue weighted by Gasteiger charge is -2.26. The summed E-state index contributed by atoms with van der Waals surface area (Å²) in [6.07, 6.45) is 7.69. The van der Waals surface area contributed by atoms with E-state index in [0.29, 0.717) is 30.5 Å². The highest BCUT2D eigenvalue weighted by molar-refractivity contribution is 5.79. The Labute approximate surface area is 251 Å². The number of piperidine rings is 1. The van der Waals surface area contributed by atoms with Gasteiger partial charge in [0.25, 0.3) is 0 Å². The van der Waals surface area contributed by atoms with Gasteiger partial charge in [-0.05, 0) is 49.2 Å². The second kappa shape index (κ2) is 14.2. The van der Waals surface area contributed by atoms with E-state index in [1.54, 1.807) is 18.3 Å². The lowest BCUT2D eigenvalue weighted by Crippen LogP contribution is -2.33. The number of aromatic nitrogens is 5. The number of nitrogens with zero attached hydrogens (tertiary/aromatic N) is 7. The third kappa shape index (κ3) is 8.27. The normalized spacial score (nSPS) is 14.0. The van der Waals surface area contributed by atoms with Crippen LogP contribution in [0.2, 0.25) is 0 Å². The number of nitrogens with one attached hydrogen (secondary N) is 3. The van der Waals surface area contributed by atoms with Crippen LogP contribution in [-0.4, -0.2) is 61.6 Å². The monoisotopic (exact) mass is 580 g/mol. The number of likely N-dealkylation sites (tertiary alicyclic amines) is 1. The first-order valence-electron chi connectivity index (χ1n) is 14.3. The molecule has 4 aromatic rings. The number of rotatable bonds is 12. The van der Waals surface area contributed by atoms with E-state index in [1.165, 1.54) is 31.9 Å². The summed E-state index contributed by atoms with van der Waals surface area (Å²) in [6, 6.07) is 14.6. The van der Waals surface area contributed by atoms with Gasteiger partial charge < -0.3 is 25.3 Å². The molecule has 0 aliphatic carbocycles. The Bertz CT molecular complexity index is 1560. The van der Waals surface area contributed by atoms with Crippen molar-refractivity contribution >= 4 is 35.2 Å². The quantitative estimate of drug-likeness (QED) is 0.160. The summed E-state index contributed by atoms with van der Waals surface area (Å²) in [6.45, 7) is 10.7. The summed E-state index contributed by atoms with van der Waals surface area (Å²) in [5.41, 5.74) is 3.46. The first-order chi connectivity index (χ1) is 21.0. The largest absolute Gasteiger partial charge is 0.467 e.